The molecule has 1 fully saturated rings. The zero-order valence-corrected chi connectivity index (χ0v) is 17.0. The monoisotopic (exact) mass is 421 g/mol. The molecule has 1 aromatic heterocycles. The molecule has 8 heteroatoms. The molecule has 160 valence electrons. The summed E-state index contributed by atoms with van der Waals surface area (Å²) in [5.41, 5.74) is 2.01. The average molecular weight is 421 g/mol. The van der Waals surface area contributed by atoms with E-state index in [-0.39, 0.29) is 24.4 Å². The van der Waals surface area contributed by atoms with Crippen LogP contribution in [0.1, 0.15) is 28.8 Å². The van der Waals surface area contributed by atoms with Crippen LogP contribution in [0.3, 0.4) is 0 Å². The van der Waals surface area contributed by atoms with Crippen LogP contribution >= 0.6 is 0 Å². The lowest BCUT2D eigenvalue weighted by molar-refractivity contribution is 0.102. The number of carbonyl (C=O) groups excluding carboxylic acids is 1. The molecule has 0 bridgehead atoms. The maximum Gasteiger partial charge on any atom is 0.255 e. The Morgan fingerprint density at radius 2 is 2.00 bits per heavy atom. The van der Waals surface area contributed by atoms with Crippen molar-refractivity contribution >= 4 is 23.2 Å². The van der Waals surface area contributed by atoms with Gasteiger partial charge in [0.25, 0.3) is 5.91 Å². The number of carbonyl (C=O) groups is 1. The summed E-state index contributed by atoms with van der Waals surface area (Å²) in [5, 5.41) is 15.7. The number of benzene rings is 2. The third-order valence-corrected chi connectivity index (χ3v) is 5.30. The third kappa shape index (κ3) is 5.16. The topological polar surface area (TPSA) is 90.4 Å². The molecule has 7 nitrogen and oxygen atoms in total. The highest BCUT2D eigenvalue weighted by molar-refractivity contribution is 6.04. The van der Waals surface area contributed by atoms with Crippen LogP contribution in [0.15, 0.2) is 60.9 Å². The third-order valence-electron chi connectivity index (χ3n) is 5.30. The van der Waals surface area contributed by atoms with E-state index in [1.165, 1.54) is 30.6 Å². The van der Waals surface area contributed by atoms with Crippen molar-refractivity contribution in [3.63, 3.8) is 0 Å². The van der Waals surface area contributed by atoms with Crippen LogP contribution in [0, 0.1) is 5.82 Å². The number of hydrogen-bond acceptors (Lipinski definition) is 6. The molecule has 4 rings (SSSR count). The van der Waals surface area contributed by atoms with Crippen molar-refractivity contribution < 1.29 is 14.3 Å². The first-order valence-corrected chi connectivity index (χ1v) is 10.2. The van der Waals surface area contributed by atoms with Crippen LogP contribution in [-0.4, -0.2) is 40.2 Å². The van der Waals surface area contributed by atoms with Gasteiger partial charge in [-0.3, -0.25) is 4.79 Å². The SMILES string of the molecule is O=C(Nc1cccc(CNc2cc(N3CCCC3CO)ncn2)c1)c1ccc(F)cc1. The Bertz CT molecular complexity index is 1040. The first-order valence-electron chi connectivity index (χ1n) is 10.2. The van der Waals surface area contributed by atoms with E-state index >= 15 is 0 Å². The Labute approximate surface area is 180 Å². The van der Waals surface area contributed by atoms with E-state index in [0.29, 0.717) is 23.6 Å². The van der Waals surface area contributed by atoms with Crippen LogP contribution in [0.25, 0.3) is 0 Å². The molecule has 3 N–H and O–H groups in total. The van der Waals surface area contributed by atoms with Gasteiger partial charge in [0.05, 0.1) is 12.6 Å². The van der Waals surface area contributed by atoms with Gasteiger partial charge in [-0.05, 0) is 54.8 Å². The van der Waals surface area contributed by atoms with Crippen LogP contribution in [0.4, 0.5) is 21.7 Å². The van der Waals surface area contributed by atoms with E-state index in [4.69, 9.17) is 0 Å². The Hall–Kier alpha value is -3.52. The van der Waals surface area contributed by atoms with E-state index in [1.54, 1.807) is 6.07 Å². The van der Waals surface area contributed by atoms with E-state index in [2.05, 4.69) is 25.5 Å². The van der Waals surface area contributed by atoms with Gasteiger partial charge in [-0.2, -0.15) is 0 Å². The molecule has 1 saturated heterocycles. The molecule has 0 spiro atoms. The lowest BCUT2D eigenvalue weighted by Gasteiger charge is -2.24. The van der Waals surface area contributed by atoms with Gasteiger partial charge < -0.3 is 20.6 Å². The van der Waals surface area contributed by atoms with E-state index in [9.17, 15) is 14.3 Å². The summed E-state index contributed by atoms with van der Waals surface area (Å²) in [7, 11) is 0. The Morgan fingerprint density at radius 3 is 2.81 bits per heavy atom. The van der Waals surface area contributed by atoms with E-state index in [0.717, 1.165) is 30.8 Å². The minimum atomic E-state index is -0.380. The van der Waals surface area contributed by atoms with Gasteiger partial charge in [-0.1, -0.05) is 12.1 Å². The second kappa shape index (κ2) is 9.53. The summed E-state index contributed by atoms with van der Waals surface area (Å²) in [6.45, 7) is 1.50. The molecule has 1 amide bonds. The molecule has 3 aromatic rings. The molecule has 0 radical (unpaired) electrons. The molecule has 2 aromatic carbocycles. The van der Waals surface area contributed by atoms with Crippen molar-refractivity contribution in [2.45, 2.75) is 25.4 Å². The fourth-order valence-corrected chi connectivity index (χ4v) is 3.68. The second-order valence-electron chi connectivity index (χ2n) is 7.45. The molecule has 1 aliphatic heterocycles. The van der Waals surface area contributed by atoms with Gasteiger partial charge in [-0.25, -0.2) is 14.4 Å². The predicted molar refractivity (Wildman–Crippen MR) is 118 cm³/mol. The van der Waals surface area contributed by atoms with Crippen LogP contribution in [-0.2, 0) is 6.54 Å². The molecule has 0 aliphatic carbocycles. The Kier molecular flexibility index (Phi) is 6.37. The van der Waals surface area contributed by atoms with Crippen LogP contribution in [0.5, 0.6) is 0 Å². The molecule has 2 heterocycles. The van der Waals surface area contributed by atoms with Gasteiger partial charge in [-0.15, -0.1) is 0 Å². The van der Waals surface area contributed by atoms with Crippen molar-refractivity contribution in [3.8, 4) is 0 Å². The fraction of sp³-hybridized carbons (Fsp3) is 0.261. The van der Waals surface area contributed by atoms with Gasteiger partial charge in [0, 0.05) is 30.4 Å². The molecular formula is C23H24FN5O2. The summed E-state index contributed by atoms with van der Waals surface area (Å²) in [6, 6.07) is 14.9. The maximum atomic E-state index is 13.0. The summed E-state index contributed by atoms with van der Waals surface area (Å²) >= 11 is 0. The highest BCUT2D eigenvalue weighted by Gasteiger charge is 2.25. The quantitative estimate of drug-likeness (QED) is 0.542. The standard InChI is InChI=1S/C23H24FN5O2/c24-18-8-6-17(7-9-18)23(31)28-19-4-1-3-16(11-19)13-25-21-12-22(27-15-26-21)29-10-2-5-20(29)14-30/h1,3-4,6-9,11-12,15,20,30H,2,5,10,13-14H2,(H,28,31)(H,25,26,27). The summed E-state index contributed by atoms with van der Waals surface area (Å²) in [5.74, 6) is 0.812. The number of aromatic nitrogens is 2. The fourth-order valence-electron chi connectivity index (χ4n) is 3.68. The summed E-state index contributed by atoms with van der Waals surface area (Å²) in [6.07, 6.45) is 3.51. The number of nitrogens with zero attached hydrogens (tertiary/aromatic N) is 3. The average Bonchev–Trinajstić information content (AvgIpc) is 3.28. The number of aliphatic hydroxyl groups excluding tert-OH is 1. The minimum absolute atomic E-state index is 0.101. The van der Waals surface area contributed by atoms with Gasteiger partial charge in [0.1, 0.15) is 23.8 Å². The lowest BCUT2D eigenvalue weighted by atomic mass is 10.1. The maximum absolute atomic E-state index is 13.0. The number of anilines is 3. The number of rotatable bonds is 7. The molecule has 1 unspecified atom stereocenters. The number of aliphatic hydroxyl groups is 1. The van der Waals surface area contributed by atoms with Gasteiger partial charge in [0.15, 0.2) is 0 Å². The normalized spacial score (nSPS) is 15.7. The number of hydrogen-bond donors (Lipinski definition) is 3. The van der Waals surface area contributed by atoms with E-state index in [1.807, 2.05) is 24.3 Å². The minimum Gasteiger partial charge on any atom is -0.394 e. The summed E-state index contributed by atoms with van der Waals surface area (Å²) < 4.78 is 13.0. The van der Waals surface area contributed by atoms with Gasteiger partial charge >= 0.3 is 0 Å². The highest BCUT2D eigenvalue weighted by atomic mass is 19.1. The molecule has 1 atom stereocenters. The Morgan fingerprint density at radius 1 is 1.16 bits per heavy atom. The Balaban J connectivity index is 1.39. The van der Waals surface area contributed by atoms with Crippen molar-refractivity contribution in [2.75, 3.05) is 28.7 Å². The first kappa shape index (κ1) is 20.7. The second-order valence-corrected chi connectivity index (χ2v) is 7.45. The molecule has 31 heavy (non-hydrogen) atoms. The van der Waals surface area contributed by atoms with Crippen molar-refractivity contribution in [2.24, 2.45) is 0 Å². The van der Waals surface area contributed by atoms with Crippen molar-refractivity contribution in [1.29, 1.82) is 0 Å². The van der Waals surface area contributed by atoms with Gasteiger partial charge in [0.2, 0.25) is 0 Å². The number of nitrogens with one attached hydrogen (secondary N) is 2. The zero-order chi connectivity index (χ0) is 21.6. The molecule has 1 aliphatic rings. The smallest absolute Gasteiger partial charge is 0.255 e. The number of halogens is 1. The van der Waals surface area contributed by atoms with Crippen LogP contribution < -0.4 is 15.5 Å². The van der Waals surface area contributed by atoms with Crippen molar-refractivity contribution in [3.05, 3.63) is 77.9 Å². The first-order chi connectivity index (χ1) is 15.1. The summed E-state index contributed by atoms with van der Waals surface area (Å²) in [4.78, 5) is 23.1. The molecule has 0 saturated carbocycles. The predicted octanol–water partition coefficient (Wildman–Crippen LogP) is 3.44. The number of amides is 1. The highest BCUT2D eigenvalue weighted by Crippen LogP contribution is 2.24. The largest absolute Gasteiger partial charge is 0.394 e. The zero-order valence-electron chi connectivity index (χ0n) is 17.0. The van der Waals surface area contributed by atoms with E-state index < -0.39 is 0 Å². The lowest BCUT2D eigenvalue weighted by Crippen LogP contribution is -2.32. The molecular weight excluding hydrogens is 397 g/mol. The van der Waals surface area contributed by atoms with Crippen molar-refractivity contribution in [1.82, 2.24) is 9.97 Å². The van der Waals surface area contributed by atoms with Crippen LogP contribution in [0.2, 0.25) is 0 Å².